The second kappa shape index (κ2) is 16.7. The number of ether oxygens (including phenoxy) is 1. The van der Waals surface area contributed by atoms with Gasteiger partial charge in [-0.15, -0.1) is 6.58 Å². The molecular formula is C19H33NO3. The van der Waals surface area contributed by atoms with Crippen LogP contribution < -0.4 is 0 Å². The van der Waals surface area contributed by atoms with Crippen LogP contribution in [0.1, 0.15) is 43.6 Å². The average molecular weight is 323 g/mol. The van der Waals surface area contributed by atoms with Crippen molar-refractivity contribution in [3.8, 4) is 0 Å². The first kappa shape index (κ1) is 23.6. The van der Waals surface area contributed by atoms with Crippen LogP contribution >= 0.6 is 0 Å². The summed E-state index contributed by atoms with van der Waals surface area (Å²) >= 11 is 0. The molecule has 0 saturated carbocycles. The number of aliphatic hydroxyl groups is 1. The van der Waals surface area contributed by atoms with Crippen molar-refractivity contribution in [1.82, 2.24) is 4.90 Å². The topological polar surface area (TPSA) is 49.8 Å². The van der Waals surface area contributed by atoms with Crippen molar-refractivity contribution in [2.24, 2.45) is 0 Å². The van der Waals surface area contributed by atoms with Crippen LogP contribution in [0.25, 0.3) is 0 Å². The van der Waals surface area contributed by atoms with E-state index in [1.165, 1.54) is 25.7 Å². The summed E-state index contributed by atoms with van der Waals surface area (Å²) in [5, 5.41) is 7.76. The van der Waals surface area contributed by atoms with E-state index in [0.29, 0.717) is 12.2 Å². The minimum Gasteiger partial charge on any atom is -0.462 e. The molecule has 0 aromatic heterocycles. The Bertz CT molecular complexity index is 392. The summed E-state index contributed by atoms with van der Waals surface area (Å²) < 4.78 is 4.83. The SMILES string of the molecule is C=CCO.CCN(CC)CC.CCOC(=O)c1ccc(C)cc1. The number of aryl methyl sites for hydroxylation is 1. The highest BCUT2D eigenvalue weighted by Crippen LogP contribution is 2.04. The number of carbonyl (C=O) groups is 1. The van der Waals surface area contributed by atoms with Crippen LogP contribution in [0.5, 0.6) is 0 Å². The van der Waals surface area contributed by atoms with Crippen LogP contribution in [0, 0.1) is 6.92 Å². The molecule has 0 aliphatic heterocycles. The van der Waals surface area contributed by atoms with E-state index < -0.39 is 0 Å². The Hall–Kier alpha value is -1.65. The Morgan fingerprint density at radius 2 is 1.57 bits per heavy atom. The molecule has 0 heterocycles. The second-order valence-corrected chi connectivity index (χ2v) is 4.68. The van der Waals surface area contributed by atoms with Gasteiger partial charge in [-0.2, -0.15) is 0 Å². The molecule has 1 rings (SSSR count). The summed E-state index contributed by atoms with van der Waals surface area (Å²) in [6.07, 6.45) is 1.43. The molecule has 0 spiro atoms. The highest BCUT2D eigenvalue weighted by atomic mass is 16.5. The number of hydrogen-bond acceptors (Lipinski definition) is 4. The maximum atomic E-state index is 11.1. The van der Waals surface area contributed by atoms with Crippen molar-refractivity contribution in [2.45, 2.75) is 34.6 Å². The number of benzene rings is 1. The van der Waals surface area contributed by atoms with Crippen LogP contribution in [0.3, 0.4) is 0 Å². The summed E-state index contributed by atoms with van der Waals surface area (Å²) in [6.45, 7) is 17.6. The van der Waals surface area contributed by atoms with Gasteiger partial charge in [-0.3, -0.25) is 0 Å². The van der Waals surface area contributed by atoms with E-state index in [0.717, 1.165) is 5.56 Å². The molecule has 4 heteroatoms. The zero-order valence-corrected chi connectivity index (χ0v) is 15.3. The molecule has 4 nitrogen and oxygen atoms in total. The van der Waals surface area contributed by atoms with Gasteiger partial charge in [-0.1, -0.05) is 44.5 Å². The summed E-state index contributed by atoms with van der Waals surface area (Å²) in [7, 11) is 0. The number of rotatable bonds is 6. The van der Waals surface area contributed by atoms with E-state index in [1.54, 1.807) is 19.1 Å². The average Bonchev–Trinajstić information content (AvgIpc) is 2.58. The Morgan fingerprint density at radius 3 is 1.83 bits per heavy atom. The fourth-order valence-corrected chi connectivity index (χ4v) is 1.57. The van der Waals surface area contributed by atoms with Gasteiger partial charge in [0.25, 0.3) is 0 Å². The van der Waals surface area contributed by atoms with Crippen molar-refractivity contribution in [3.05, 3.63) is 48.0 Å². The molecular weight excluding hydrogens is 290 g/mol. The van der Waals surface area contributed by atoms with Crippen molar-refractivity contribution >= 4 is 5.97 Å². The van der Waals surface area contributed by atoms with Gasteiger partial charge in [0.15, 0.2) is 0 Å². The zero-order valence-electron chi connectivity index (χ0n) is 15.3. The molecule has 0 amide bonds. The summed E-state index contributed by atoms with van der Waals surface area (Å²) in [6, 6.07) is 7.33. The lowest BCUT2D eigenvalue weighted by Gasteiger charge is -2.13. The normalized spacial score (nSPS) is 9.17. The molecule has 0 saturated heterocycles. The van der Waals surface area contributed by atoms with Crippen molar-refractivity contribution in [1.29, 1.82) is 0 Å². The second-order valence-electron chi connectivity index (χ2n) is 4.68. The Balaban J connectivity index is 0. The molecule has 23 heavy (non-hydrogen) atoms. The predicted molar refractivity (Wildman–Crippen MR) is 97.9 cm³/mol. The van der Waals surface area contributed by atoms with E-state index >= 15 is 0 Å². The molecule has 0 fully saturated rings. The molecule has 1 aromatic rings. The number of hydrogen-bond donors (Lipinski definition) is 1. The first-order chi connectivity index (χ1) is 11.0. The molecule has 1 aromatic carbocycles. The largest absolute Gasteiger partial charge is 0.462 e. The monoisotopic (exact) mass is 323 g/mol. The number of nitrogens with zero attached hydrogens (tertiary/aromatic N) is 1. The van der Waals surface area contributed by atoms with Gasteiger partial charge in [-0.05, 0) is 45.6 Å². The minimum atomic E-state index is -0.252. The Labute approximate surface area is 141 Å². The number of carbonyl (C=O) groups excluding carboxylic acids is 1. The van der Waals surface area contributed by atoms with E-state index in [4.69, 9.17) is 9.84 Å². The van der Waals surface area contributed by atoms with E-state index in [-0.39, 0.29) is 12.6 Å². The van der Waals surface area contributed by atoms with Crippen molar-refractivity contribution < 1.29 is 14.6 Å². The standard InChI is InChI=1S/C10H12O2.C6H15N.C3H6O/c1-3-12-10(11)9-6-4-8(2)5-7-9;1-4-7(5-2)6-3;1-2-3-4/h4-7H,3H2,1-2H3;4-6H2,1-3H3;2,4H,1,3H2. The molecule has 132 valence electrons. The van der Waals surface area contributed by atoms with Crippen molar-refractivity contribution in [3.63, 3.8) is 0 Å². The molecule has 0 aliphatic rings. The molecule has 0 radical (unpaired) electrons. The highest BCUT2D eigenvalue weighted by Gasteiger charge is 2.03. The first-order valence-electron chi connectivity index (χ1n) is 8.18. The summed E-state index contributed by atoms with van der Waals surface area (Å²) in [4.78, 5) is 13.5. The number of aliphatic hydroxyl groups excluding tert-OH is 1. The van der Waals surface area contributed by atoms with Gasteiger partial charge in [0.1, 0.15) is 0 Å². The lowest BCUT2D eigenvalue weighted by molar-refractivity contribution is 0.0526. The lowest BCUT2D eigenvalue weighted by atomic mass is 10.1. The number of esters is 1. The third-order valence-electron chi connectivity index (χ3n) is 3.03. The van der Waals surface area contributed by atoms with Gasteiger partial charge >= 0.3 is 5.97 Å². The molecule has 1 N–H and O–H groups in total. The summed E-state index contributed by atoms with van der Waals surface area (Å²) in [5.41, 5.74) is 1.76. The highest BCUT2D eigenvalue weighted by molar-refractivity contribution is 5.89. The van der Waals surface area contributed by atoms with Gasteiger partial charge in [0.05, 0.1) is 18.8 Å². The first-order valence-corrected chi connectivity index (χ1v) is 8.18. The van der Waals surface area contributed by atoms with Crippen LogP contribution in [0.15, 0.2) is 36.9 Å². The molecule has 0 unspecified atom stereocenters. The maximum absolute atomic E-state index is 11.1. The third-order valence-corrected chi connectivity index (χ3v) is 3.03. The van der Waals surface area contributed by atoms with E-state index in [1.807, 2.05) is 19.1 Å². The van der Waals surface area contributed by atoms with Crippen LogP contribution in [-0.4, -0.2) is 48.8 Å². The zero-order chi connectivity index (χ0) is 18.1. The Kier molecular flexibility index (Phi) is 17.2. The van der Waals surface area contributed by atoms with Crippen molar-refractivity contribution in [2.75, 3.05) is 32.8 Å². The maximum Gasteiger partial charge on any atom is 0.338 e. The van der Waals surface area contributed by atoms with E-state index in [2.05, 4.69) is 32.3 Å². The predicted octanol–water partition coefficient (Wildman–Crippen LogP) is 3.68. The fourth-order valence-electron chi connectivity index (χ4n) is 1.57. The molecule has 0 bridgehead atoms. The van der Waals surface area contributed by atoms with Crippen LogP contribution in [0.4, 0.5) is 0 Å². The Morgan fingerprint density at radius 1 is 1.13 bits per heavy atom. The van der Waals surface area contributed by atoms with Gasteiger partial charge in [-0.25, -0.2) is 4.79 Å². The van der Waals surface area contributed by atoms with Gasteiger partial charge < -0.3 is 14.7 Å². The quantitative estimate of drug-likeness (QED) is 0.641. The fraction of sp³-hybridized carbons (Fsp3) is 0.526. The van der Waals surface area contributed by atoms with Gasteiger partial charge in [0.2, 0.25) is 0 Å². The van der Waals surface area contributed by atoms with Gasteiger partial charge in [0, 0.05) is 0 Å². The van der Waals surface area contributed by atoms with Crippen LogP contribution in [-0.2, 0) is 4.74 Å². The lowest BCUT2D eigenvalue weighted by Crippen LogP contribution is -2.21. The third kappa shape index (κ3) is 13.7. The smallest absolute Gasteiger partial charge is 0.338 e. The van der Waals surface area contributed by atoms with E-state index in [9.17, 15) is 4.79 Å². The minimum absolute atomic E-state index is 0.0833. The molecule has 0 atom stereocenters. The summed E-state index contributed by atoms with van der Waals surface area (Å²) in [5.74, 6) is -0.252. The van der Waals surface area contributed by atoms with Crippen LogP contribution in [0.2, 0.25) is 0 Å². The molecule has 0 aliphatic carbocycles.